The van der Waals surface area contributed by atoms with Crippen LogP contribution in [0.2, 0.25) is 0 Å². The van der Waals surface area contributed by atoms with Crippen LogP contribution in [0.15, 0.2) is 29.2 Å². The molecule has 0 bridgehead atoms. The van der Waals surface area contributed by atoms with Gasteiger partial charge >= 0.3 is 6.18 Å². The van der Waals surface area contributed by atoms with Crippen molar-refractivity contribution < 1.29 is 26.4 Å². The number of nitrogens with zero attached hydrogens (tertiary/aromatic N) is 1. The number of benzene rings is 1. The van der Waals surface area contributed by atoms with Crippen molar-refractivity contribution in [2.75, 3.05) is 26.2 Å². The number of hydrogen-bond donors (Lipinski definition) is 2. The maximum absolute atomic E-state index is 12.7. The van der Waals surface area contributed by atoms with Gasteiger partial charge in [0.2, 0.25) is 15.9 Å². The van der Waals surface area contributed by atoms with Crippen LogP contribution in [-0.4, -0.2) is 51.4 Å². The molecule has 0 saturated carbocycles. The Morgan fingerprint density at radius 1 is 1.25 bits per heavy atom. The largest absolute Gasteiger partial charge is 0.416 e. The van der Waals surface area contributed by atoms with E-state index >= 15 is 0 Å². The maximum Gasteiger partial charge on any atom is 0.416 e. The van der Waals surface area contributed by atoms with Gasteiger partial charge in [-0.05, 0) is 37.0 Å². The van der Waals surface area contributed by atoms with Gasteiger partial charge in [-0.25, -0.2) is 13.1 Å². The highest BCUT2D eigenvalue weighted by Gasteiger charge is 2.31. The number of rotatable bonds is 7. The molecule has 158 valence electrons. The lowest BCUT2D eigenvalue weighted by Crippen LogP contribution is -2.47. The van der Waals surface area contributed by atoms with Crippen LogP contribution in [0, 0.1) is 5.92 Å². The molecule has 0 aromatic heterocycles. The maximum atomic E-state index is 12.7. The van der Waals surface area contributed by atoms with Crippen molar-refractivity contribution >= 4 is 15.9 Å². The Morgan fingerprint density at radius 3 is 2.46 bits per heavy atom. The Balaban J connectivity index is 1.85. The Bertz CT molecular complexity index is 774. The van der Waals surface area contributed by atoms with E-state index in [0.717, 1.165) is 50.7 Å². The molecule has 0 spiro atoms. The predicted octanol–water partition coefficient (Wildman–Crippen LogP) is 2.22. The van der Waals surface area contributed by atoms with Crippen LogP contribution < -0.4 is 10.0 Å². The van der Waals surface area contributed by atoms with Crippen LogP contribution in [-0.2, 0) is 21.0 Å². The quantitative estimate of drug-likeness (QED) is 0.708. The Labute approximate surface area is 163 Å². The summed E-state index contributed by atoms with van der Waals surface area (Å²) in [6.45, 7) is 6.48. The molecule has 1 aliphatic rings. The molecule has 10 heteroatoms. The number of piperidine rings is 1. The number of carbonyl (C=O) groups excluding carboxylic acids is 1. The van der Waals surface area contributed by atoms with Gasteiger partial charge in [0.25, 0.3) is 0 Å². The predicted molar refractivity (Wildman–Crippen MR) is 99.1 cm³/mol. The molecule has 0 atom stereocenters. The van der Waals surface area contributed by atoms with E-state index < -0.39 is 39.1 Å². The van der Waals surface area contributed by atoms with Gasteiger partial charge in [0.05, 0.1) is 17.0 Å². The second-order valence-corrected chi connectivity index (χ2v) is 9.15. The summed E-state index contributed by atoms with van der Waals surface area (Å²) >= 11 is 0. The fraction of sp³-hybridized carbons (Fsp3) is 0.611. The van der Waals surface area contributed by atoms with E-state index in [1.165, 1.54) is 0 Å². The third-order valence-corrected chi connectivity index (χ3v) is 5.87. The van der Waals surface area contributed by atoms with Crippen molar-refractivity contribution in [3.63, 3.8) is 0 Å². The lowest BCUT2D eigenvalue weighted by Gasteiger charge is -2.33. The van der Waals surface area contributed by atoms with Crippen molar-refractivity contribution in [1.82, 2.24) is 14.9 Å². The van der Waals surface area contributed by atoms with Crippen LogP contribution in [0.25, 0.3) is 0 Å². The zero-order valence-electron chi connectivity index (χ0n) is 15.9. The zero-order valence-corrected chi connectivity index (χ0v) is 16.7. The minimum Gasteiger partial charge on any atom is -0.352 e. The molecule has 0 radical (unpaired) electrons. The van der Waals surface area contributed by atoms with Crippen LogP contribution >= 0.6 is 0 Å². The molecule has 1 aromatic carbocycles. The summed E-state index contributed by atoms with van der Waals surface area (Å²) in [6, 6.07) is 3.37. The van der Waals surface area contributed by atoms with E-state index in [2.05, 4.69) is 28.8 Å². The van der Waals surface area contributed by atoms with Crippen LogP contribution in [0.5, 0.6) is 0 Å². The van der Waals surface area contributed by atoms with Crippen molar-refractivity contribution in [2.45, 2.75) is 43.8 Å². The van der Waals surface area contributed by atoms with Crippen molar-refractivity contribution in [3.8, 4) is 0 Å². The van der Waals surface area contributed by atoms with E-state index in [0.29, 0.717) is 12.0 Å². The van der Waals surface area contributed by atoms with Crippen molar-refractivity contribution in [2.24, 2.45) is 5.92 Å². The average Bonchev–Trinajstić information content (AvgIpc) is 2.61. The Morgan fingerprint density at radius 2 is 1.89 bits per heavy atom. The number of amides is 1. The van der Waals surface area contributed by atoms with Gasteiger partial charge in [0.15, 0.2) is 0 Å². The lowest BCUT2D eigenvalue weighted by atomic mass is 10.0. The molecule has 1 fully saturated rings. The Kier molecular flexibility index (Phi) is 7.46. The first-order chi connectivity index (χ1) is 13.0. The molecule has 1 aromatic rings. The van der Waals surface area contributed by atoms with Gasteiger partial charge in [0.1, 0.15) is 0 Å². The highest BCUT2D eigenvalue weighted by atomic mass is 32.2. The van der Waals surface area contributed by atoms with Gasteiger partial charge in [0, 0.05) is 25.7 Å². The normalized spacial score (nSPS) is 17.1. The molecule has 1 heterocycles. The van der Waals surface area contributed by atoms with E-state index in [4.69, 9.17) is 0 Å². The summed E-state index contributed by atoms with van der Waals surface area (Å²) in [5.74, 6) is 0.0641. The second kappa shape index (κ2) is 9.23. The standard InChI is InChI=1S/C18H26F3N3O3S/c1-13(2)12-24-8-6-15(7-9-24)23-17(25)11-22-28(26,27)16-5-3-4-14(10-16)18(19,20)21/h3-5,10,13,15,22H,6-9,11-12H2,1-2H3,(H,23,25). The minimum absolute atomic E-state index is 0.0334. The number of sulfonamides is 1. The molecular weight excluding hydrogens is 395 g/mol. The first kappa shape index (κ1) is 22.6. The van der Waals surface area contributed by atoms with E-state index in [9.17, 15) is 26.4 Å². The van der Waals surface area contributed by atoms with Crippen LogP contribution in [0.3, 0.4) is 0 Å². The molecule has 2 N–H and O–H groups in total. The molecule has 28 heavy (non-hydrogen) atoms. The first-order valence-corrected chi connectivity index (χ1v) is 10.6. The van der Waals surface area contributed by atoms with Gasteiger partial charge in [-0.1, -0.05) is 19.9 Å². The van der Waals surface area contributed by atoms with Gasteiger partial charge in [-0.15, -0.1) is 0 Å². The minimum atomic E-state index is -4.65. The zero-order chi connectivity index (χ0) is 20.9. The third-order valence-electron chi connectivity index (χ3n) is 4.47. The van der Waals surface area contributed by atoms with E-state index in [1.807, 2.05) is 0 Å². The molecule has 1 amide bonds. The summed E-state index contributed by atoms with van der Waals surface area (Å²) in [7, 11) is -4.22. The molecule has 0 aliphatic carbocycles. The van der Waals surface area contributed by atoms with Crippen molar-refractivity contribution in [1.29, 1.82) is 0 Å². The monoisotopic (exact) mass is 421 g/mol. The molecule has 6 nitrogen and oxygen atoms in total. The molecule has 2 rings (SSSR count). The number of carbonyl (C=O) groups is 1. The molecule has 0 unspecified atom stereocenters. The number of nitrogens with one attached hydrogen (secondary N) is 2. The van der Waals surface area contributed by atoms with E-state index in [-0.39, 0.29) is 6.04 Å². The summed E-state index contributed by atoms with van der Waals surface area (Å²) in [6.07, 6.45) is -3.09. The highest BCUT2D eigenvalue weighted by molar-refractivity contribution is 7.89. The highest BCUT2D eigenvalue weighted by Crippen LogP contribution is 2.30. The van der Waals surface area contributed by atoms with Crippen LogP contribution in [0.1, 0.15) is 32.3 Å². The van der Waals surface area contributed by atoms with Gasteiger partial charge < -0.3 is 10.2 Å². The number of alkyl halides is 3. The average molecular weight is 421 g/mol. The third kappa shape index (κ3) is 6.75. The number of halogens is 3. The number of likely N-dealkylation sites (tertiary alicyclic amines) is 1. The van der Waals surface area contributed by atoms with Crippen LogP contribution in [0.4, 0.5) is 13.2 Å². The second-order valence-electron chi connectivity index (χ2n) is 7.39. The summed E-state index contributed by atoms with van der Waals surface area (Å²) in [4.78, 5) is 13.8. The summed E-state index contributed by atoms with van der Waals surface area (Å²) < 4.78 is 64.7. The smallest absolute Gasteiger partial charge is 0.352 e. The molecule has 1 saturated heterocycles. The summed E-state index contributed by atoms with van der Waals surface area (Å²) in [5.41, 5.74) is -1.06. The Hall–Kier alpha value is -1.65. The SMILES string of the molecule is CC(C)CN1CCC(NC(=O)CNS(=O)(=O)c2cccc(C(F)(F)F)c2)CC1. The fourth-order valence-electron chi connectivity index (χ4n) is 3.14. The molecule has 1 aliphatic heterocycles. The topological polar surface area (TPSA) is 78.5 Å². The molecular formula is C18H26F3N3O3S. The van der Waals surface area contributed by atoms with E-state index in [1.54, 1.807) is 0 Å². The lowest BCUT2D eigenvalue weighted by molar-refractivity contribution is -0.137. The number of hydrogen-bond acceptors (Lipinski definition) is 4. The van der Waals surface area contributed by atoms with Crippen molar-refractivity contribution in [3.05, 3.63) is 29.8 Å². The van der Waals surface area contributed by atoms with Gasteiger partial charge in [-0.2, -0.15) is 13.2 Å². The first-order valence-electron chi connectivity index (χ1n) is 9.16. The summed E-state index contributed by atoms with van der Waals surface area (Å²) in [5, 5.41) is 2.78. The fourth-order valence-corrected chi connectivity index (χ4v) is 4.17. The van der Waals surface area contributed by atoms with Gasteiger partial charge in [-0.3, -0.25) is 4.79 Å².